The van der Waals surface area contributed by atoms with Crippen LogP contribution in [0.4, 0.5) is 0 Å². The third-order valence-corrected chi connectivity index (χ3v) is 16.2. The van der Waals surface area contributed by atoms with Gasteiger partial charge in [-0.05, 0) is 86.3 Å². The quantitative estimate of drug-likeness (QED) is 0.155. The number of methoxy groups -OCH3 is 2. The summed E-state index contributed by atoms with van der Waals surface area (Å²) in [5.74, 6) is -0.533. The van der Waals surface area contributed by atoms with E-state index < -0.39 is 52.8 Å². The number of nitrogens with zero attached hydrogens (tertiary/aromatic N) is 5. The fourth-order valence-corrected chi connectivity index (χ4v) is 13.7. The molecular formula is C50H47N5O11S. The highest BCUT2D eigenvalue weighted by atomic mass is 32.2. The van der Waals surface area contributed by atoms with Crippen molar-refractivity contribution in [3.05, 3.63) is 105 Å². The van der Waals surface area contributed by atoms with Crippen molar-refractivity contribution >= 4 is 40.5 Å². The summed E-state index contributed by atoms with van der Waals surface area (Å²) in [5.41, 5.74) is 4.08. The molecule has 0 aliphatic carbocycles. The van der Waals surface area contributed by atoms with Gasteiger partial charge in [0, 0.05) is 70.7 Å². The van der Waals surface area contributed by atoms with Crippen LogP contribution in [0.2, 0.25) is 0 Å². The number of carbonyl (C=O) groups is 3. The minimum absolute atomic E-state index is 0.0132. The smallest absolute Gasteiger partial charge is 0.337 e. The molecule has 344 valence electrons. The molecular weight excluding hydrogens is 879 g/mol. The van der Waals surface area contributed by atoms with Crippen LogP contribution < -0.4 is 23.7 Å². The van der Waals surface area contributed by atoms with Gasteiger partial charge in [0.1, 0.15) is 18.4 Å². The van der Waals surface area contributed by atoms with Crippen molar-refractivity contribution in [1.82, 2.24) is 19.7 Å². The third-order valence-electron chi connectivity index (χ3n) is 14.8. The van der Waals surface area contributed by atoms with Crippen molar-refractivity contribution in [1.29, 1.82) is 5.26 Å². The summed E-state index contributed by atoms with van der Waals surface area (Å²) in [7, 11) is 4.89. The average molecular weight is 926 g/mol. The van der Waals surface area contributed by atoms with E-state index in [1.54, 1.807) is 48.4 Å². The minimum atomic E-state index is -1.85. The molecule has 2 fully saturated rings. The number of phenols is 2. The molecule has 5 aromatic rings. The highest BCUT2D eigenvalue weighted by Crippen LogP contribution is 2.65. The van der Waals surface area contributed by atoms with E-state index in [2.05, 4.69) is 20.9 Å². The van der Waals surface area contributed by atoms with Gasteiger partial charge in [-0.1, -0.05) is 18.2 Å². The molecule has 1 aromatic heterocycles. The number of thioether (sulfide) groups is 1. The second-order valence-electron chi connectivity index (χ2n) is 18.0. The number of esters is 2. The molecule has 4 aromatic carbocycles. The molecule has 7 aliphatic heterocycles. The Morgan fingerprint density at radius 2 is 1.79 bits per heavy atom. The molecule has 0 radical (unpaired) electrons. The SMILES string of the molecule is COc1cc2c(cc1O)CCN(C(=O)c1cccc3ncccc13)[C@]21CS[C@@H]2c3c(OC(C)=O)c(C)c4c(c3[C@@H](COC1=O)N1[C@@H]2[C@H]2c3c(cc(C)c(OC)c3O)C[C@@H]([C@@H]1C#N)N2C)OCO4. The number of aromatic hydroxyl groups is 2. The molecule has 67 heavy (non-hydrogen) atoms. The summed E-state index contributed by atoms with van der Waals surface area (Å²) in [6.45, 7) is 4.63. The molecule has 8 heterocycles. The Morgan fingerprint density at radius 1 is 0.985 bits per heavy atom. The number of carbonyl (C=O) groups excluding carboxylic acids is 3. The predicted molar refractivity (Wildman–Crippen MR) is 243 cm³/mol. The van der Waals surface area contributed by atoms with Crippen molar-refractivity contribution in [2.24, 2.45) is 0 Å². The van der Waals surface area contributed by atoms with Gasteiger partial charge in [-0.25, -0.2) is 4.79 Å². The van der Waals surface area contributed by atoms with E-state index in [0.717, 1.165) is 11.1 Å². The molecule has 7 atom stereocenters. The van der Waals surface area contributed by atoms with Crippen LogP contribution in [0.5, 0.6) is 40.2 Å². The van der Waals surface area contributed by atoms with Crippen LogP contribution >= 0.6 is 11.8 Å². The number of aryl methyl sites for hydroxylation is 1. The van der Waals surface area contributed by atoms with Gasteiger partial charge in [-0.3, -0.25) is 24.4 Å². The molecule has 1 amide bonds. The second-order valence-corrected chi connectivity index (χ2v) is 19.1. The number of nitriles is 1. The van der Waals surface area contributed by atoms with Crippen molar-refractivity contribution in [3.8, 4) is 46.3 Å². The van der Waals surface area contributed by atoms with E-state index in [1.165, 1.54) is 32.9 Å². The first-order valence-electron chi connectivity index (χ1n) is 22.1. The Labute approximate surface area is 389 Å². The Kier molecular flexibility index (Phi) is 10.0. The van der Waals surface area contributed by atoms with Crippen molar-refractivity contribution in [3.63, 3.8) is 0 Å². The normalized spacial score (nSPS) is 25.9. The standard InChI is InChI=1S/C50H47N5O11S/c1-23-15-27-16-32-33(19-51)55-34-20-63-49(60)50(30-18-36(61-5)35(57)17-26(30)12-14-54(50)48(59)29-9-7-11-31-28(29)10-8-13-52-31)21-67-47(41(55)40(53(32)4)37(27)42(58)43(23)62-6)39-38(34)46-45(64-22-65-46)24(2)44(39)66-25(3)56/h7-11,13,15,17-18,32-34,40-41,47,57-58H,12,14,16,20-22H2,1-6H3/t32-,33-,34+,40+,41+,47+,50+/m0/s1. The monoisotopic (exact) mass is 925 g/mol. The zero-order valence-electron chi connectivity index (χ0n) is 37.6. The number of phenolic OH excluding ortho intramolecular Hbond substituents is 2. The van der Waals surface area contributed by atoms with Gasteiger partial charge in [0.25, 0.3) is 5.91 Å². The van der Waals surface area contributed by atoms with Gasteiger partial charge in [0.05, 0.1) is 43.1 Å². The van der Waals surface area contributed by atoms with Gasteiger partial charge >= 0.3 is 11.9 Å². The maximum absolute atomic E-state index is 15.8. The number of piperazine rings is 1. The second kappa shape index (κ2) is 15.7. The van der Waals surface area contributed by atoms with E-state index in [0.29, 0.717) is 79.9 Å². The number of amides is 1. The topological polar surface area (TPSA) is 193 Å². The summed E-state index contributed by atoms with van der Waals surface area (Å²) >= 11 is 1.36. The lowest BCUT2D eigenvalue weighted by atomic mass is 9.71. The Morgan fingerprint density at radius 3 is 2.55 bits per heavy atom. The number of aromatic nitrogens is 1. The lowest BCUT2D eigenvalue weighted by Gasteiger charge is -2.62. The van der Waals surface area contributed by atoms with Gasteiger partial charge in [0.2, 0.25) is 6.79 Å². The zero-order valence-corrected chi connectivity index (χ0v) is 38.4. The number of likely N-dealkylation sites (N-methyl/N-ethyl adjacent to an activating group) is 1. The molecule has 0 unspecified atom stereocenters. The molecule has 0 saturated carbocycles. The third kappa shape index (κ3) is 5.98. The largest absolute Gasteiger partial charge is 0.504 e. The maximum Gasteiger partial charge on any atom is 0.337 e. The number of fused-ring (bicyclic) bond motifs is 10. The van der Waals surface area contributed by atoms with Gasteiger partial charge in [-0.2, -0.15) is 5.26 Å². The van der Waals surface area contributed by atoms with Gasteiger partial charge in [0.15, 0.2) is 40.0 Å². The highest BCUT2D eigenvalue weighted by Gasteiger charge is 2.63. The number of hydrogen-bond donors (Lipinski definition) is 2. The van der Waals surface area contributed by atoms with Crippen LogP contribution in [0.15, 0.2) is 54.7 Å². The van der Waals surface area contributed by atoms with Crippen molar-refractivity contribution in [2.45, 2.75) is 74.6 Å². The van der Waals surface area contributed by atoms with Gasteiger partial charge < -0.3 is 43.5 Å². The van der Waals surface area contributed by atoms with Crippen LogP contribution in [0.1, 0.15) is 79.1 Å². The predicted octanol–water partition coefficient (Wildman–Crippen LogP) is 6.09. The Hall–Kier alpha value is -6.74. The molecule has 4 bridgehead atoms. The van der Waals surface area contributed by atoms with E-state index in [9.17, 15) is 20.3 Å². The van der Waals surface area contributed by atoms with Crippen LogP contribution in [0.3, 0.4) is 0 Å². The molecule has 7 aliphatic rings. The fraction of sp³-hybridized carbons (Fsp3) is 0.380. The number of benzene rings is 4. The van der Waals surface area contributed by atoms with E-state index in [4.69, 9.17) is 28.4 Å². The van der Waals surface area contributed by atoms with Crippen molar-refractivity contribution < 1.29 is 53.0 Å². The summed E-state index contributed by atoms with van der Waals surface area (Å²) in [5, 5.41) is 34.7. The summed E-state index contributed by atoms with van der Waals surface area (Å²) in [6.07, 6.45) is 2.38. The lowest BCUT2D eigenvalue weighted by molar-refractivity contribution is -0.162. The molecule has 16 nitrogen and oxygen atoms in total. The van der Waals surface area contributed by atoms with Crippen LogP contribution in [0, 0.1) is 25.2 Å². The summed E-state index contributed by atoms with van der Waals surface area (Å²) in [4.78, 5) is 54.9. The lowest BCUT2D eigenvalue weighted by Crippen LogP contribution is -2.69. The van der Waals surface area contributed by atoms with E-state index in [-0.39, 0.29) is 54.7 Å². The first kappa shape index (κ1) is 42.9. The highest BCUT2D eigenvalue weighted by molar-refractivity contribution is 7.99. The van der Waals surface area contributed by atoms with Crippen LogP contribution in [-0.2, 0) is 32.7 Å². The number of pyridine rings is 1. The Balaban J connectivity index is 1.20. The number of rotatable bonds is 4. The molecule has 17 heteroatoms. The fourth-order valence-electron chi connectivity index (χ4n) is 12.0. The maximum atomic E-state index is 15.8. The first-order valence-corrected chi connectivity index (χ1v) is 23.2. The zero-order chi connectivity index (χ0) is 46.8. The molecule has 2 N–H and O–H groups in total. The molecule has 1 spiro atoms. The first-order chi connectivity index (χ1) is 32.3. The van der Waals surface area contributed by atoms with Crippen LogP contribution in [0.25, 0.3) is 10.9 Å². The number of ether oxygens (including phenoxy) is 6. The Bertz CT molecular complexity index is 3020. The number of hydrogen-bond acceptors (Lipinski definition) is 16. The average Bonchev–Trinajstić information content (AvgIpc) is 3.81. The van der Waals surface area contributed by atoms with Crippen molar-refractivity contribution in [2.75, 3.05) is 47.0 Å². The summed E-state index contributed by atoms with van der Waals surface area (Å²) in [6, 6.07) is 13.4. The van der Waals surface area contributed by atoms with Gasteiger partial charge in [-0.15, -0.1) is 11.8 Å². The van der Waals surface area contributed by atoms with E-state index >= 15 is 9.59 Å². The molecule has 2 saturated heterocycles. The van der Waals surface area contributed by atoms with Crippen LogP contribution in [-0.4, -0.2) is 113 Å². The summed E-state index contributed by atoms with van der Waals surface area (Å²) < 4.78 is 36.8. The van der Waals surface area contributed by atoms with E-state index in [1.807, 2.05) is 32.2 Å². The minimum Gasteiger partial charge on any atom is -0.504 e. The molecule has 12 rings (SSSR count).